The van der Waals surface area contributed by atoms with Crippen LogP contribution in [0.1, 0.15) is 50.8 Å². The molecule has 1 aliphatic heterocycles. The van der Waals surface area contributed by atoms with Gasteiger partial charge in [0.15, 0.2) is 0 Å². The molecule has 1 atom stereocenters. The van der Waals surface area contributed by atoms with Gasteiger partial charge in [0.05, 0.1) is 0 Å². The van der Waals surface area contributed by atoms with Crippen LogP contribution in [-0.2, 0) is 16.1 Å². The van der Waals surface area contributed by atoms with Crippen LogP contribution in [0.4, 0.5) is 0 Å². The lowest BCUT2D eigenvalue weighted by Crippen LogP contribution is -2.35. The summed E-state index contributed by atoms with van der Waals surface area (Å²) in [5.74, 6) is 1.45. The van der Waals surface area contributed by atoms with Gasteiger partial charge in [-0.05, 0) is 25.2 Å². The zero-order valence-corrected chi connectivity index (χ0v) is 13.6. The Morgan fingerprint density at radius 1 is 1.41 bits per heavy atom. The van der Waals surface area contributed by atoms with E-state index in [1.54, 1.807) is 7.11 Å². The number of carbonyl (C=O) groups excluding carboxylic acids is 1. The molecule has 1 aromatic rings. The van der Waals surface area contributed by atoms with E-state index < -0.39 is 0 Å². The Bertz CT molecular complexity index is 522. The van der Waals surface area contributed by atoms with Crippen LogP contribution in [0.25, 0.3) is 0 Å². The van der Waals surface area contributed by atoms with E-state index >= 15 is 0 Å². The number of aryl methyl sites for hydroxylation is 1. The summed E-state index contributed by atoms with van der Waals surface area (Å²) in [7, 11) is 1.58. The molecular formula is C16H26N4O2. The molecule has 2 heterocycles. The Balaban J connectivity index is 1.89. The molecule has 1 unspecified atom stereocenters. The van der Waals surface area contributed by atoms with Crippen molar-refractivity contribution in [1.29, 1.82) is 0 Å². The number of aromatic nitrogens is 3. The molecule has 122 valence electrons. The van der Waals surface area contributed by atoms with Crippen molar-refractivity contribution in [3.05, 3.63) is 12.2 Å². The van der Waals surface area contributed by atoms with Gasteiger partial charge >= 0.3 is 0 Å². The van der Waals surface area contributed by atoms with E-state index in [0.717, 1.165) is 25.5 Å². The number of amides is 1. The van der Waals surface area contributed by atoms with Gasteiger partial charge in [-0.25, -0.2) is 0 Å². The van der Waals surface area contributed by atoms with Gasteiger partial charge in [0, 0.05) is 32.7 Å². The van der Waals surface area contributed by atoms with Crippen LogP contribution < -0.4 is 0 Å². The summed E-state index contributed by atoms with van der Waals surface area (Å²) in [5, 5.41) is 8.51. The summed E-state index contributed by atoms with van der Waals surface area (Å²) in [4.78, 5) is 14.3. The van der Waals surface area contributed by atoms with E-state index in [-0.39, 0.29) is 17.9 Å². The van der Waals surface area contributed by atoms with Crippen LogP contribution in [0.5, 0.6) is 0 Å². The summed E-state index contributed by atoms with van der Waals surface area (Å²) >= 11 is 0. The third-order valence-corrected chi connectivity index (χ3v) is 5.42. The summed E-state index contributed by atoms with van der Waals surface area (Å²) in [6.45, 7) is 4.75. The zero-order chi connectivity index (χ0) is 15.6. The molecule has 1 saturated heterocycles. The van der Waals surface area contributed by atoms with Crippen molar-refractivity contribution in [2.75, 3.05) is 26.8 Å². The van der Waals surface area contributed by atoms with Gasteiger partial charge in [-0.3, -0.25) is 4.79 Å². The van der Waals surface area contributed by atoms with E-state index in [9.17, 15) is 4.79 Å². The number of ether oxygens (including phenoxy) is 1. The first-order valence-corrected chi connectivity index (χ1v) is 8.34. The quantitative estimate of drug-likeness (QED) is 0.851. The predicted octanol–water partition coefficient (Wildman–Crippen LogP) is 1.82. The molecule has 0 N–H and O–H groups in total. The Kier molecular flexibility index (Phi) is 4.47. The van der Waals surface area contributed by atoms with Gasteiger partial charge < -0.3 is 14.2 Å². The van der Waals surface area contributed by atoms with Crippen molar-refractivity contribution in [2.24, 2.45) is 5.41 Å². The van der Waals surface area contributed by atoms with Gasteiger partial charge in [0.1, 0.15) is 18.8 Å². The van der Waals surface area contributed by atoms with Gasteiger partial charge in [-0.2, -0.15) is 0 Å². The smallest absolute Gasteiger partial charge is 0.248 e. The molecule has 6 nitrogen and oxygen atoms in total. The average molecular weight is 306 g/mol. The number of hydrogen-bond acceptors (Lipinski definition) is 4. The van der Waals surface area contributed by atoms with E-state index in [2.05, 4.69) is 21.7 Å². The zero-order valence-electron chi connectivity index (χ0n) is 13.6. The maximum atomic E-state index is 12.3. The highest BCUT2D eigenvalue weighted by Crippen LogP contribution is 2.51. The number of nitrogens with zero attached hydrogens (tertiary/aromatic N) is 4. The topological polar surface area (TPSA) is 60.2 Å². The minimum Gasteiger partial charge on any atom is -0.375 e. The monoisotopic (exact) mass is 306 g/mol. The van der Waals surface area contributed by atoms with Crippen LogP contribution in [-0.4, -0.2) is 52.4 Å². The molecular weight excluding hydrogens is 280 g/mol. The first-order chi connectivity index (χ1) is 10.7. The minimum absolute atomic E-state index is 0.0949. The third-order valence-electron chi connectivity index (χ3n) is 5.42. The summed E-state index contributed by atoms with van der Waals surface area (Å²) in [5.41, 5.74) is 0.182. The molecule has 1 aliphatic carbocycles. The SMILES string of the molecule is CCn1cnnc1C1CN(C(=O)COC)CC12CCCCC2. The van der Waals surface area contributed by atoms with Crippen molar-refractivity contribution in [3.63, 3.8) is 0 Å². The molecule has 0 aromatic carbocycles. The lowest BCUT2D eigenvalue weighted by Gasteiger charge is -2.37. The van der Waals surface area contributed by atoms with Crippen LogP contribution in [0.2, 0.25) is 0 Å². The highest BCUT2D eigenvalue weighted by atomic mass is 16.5. The van der Waals surface area contributed by atoms with Crippen molar-refractivity contribution in [2.45, 2.75) is 51.5 Å². The number of likely N-dealkylation sites (tertiary alicyclic amines) is 1. The van der Waals surface area contributed by atoms with Crippen LogP contribution in [0.3, 0.4) is 0 Å². The lowest BCUT2D eigenvalue weighted by molar-refractivity contribution is -0.134. The number of methoxy groups -OCH3 is 1. The van der Waals surface area contributed by atoms with E-state index in [1.807, 2.05) is 11.2 Å². The number of carbonyl (C=O) groups is 1. The van der Waals surface area contributed by atoms with Crippen molar-refractivity contribution in [1.82, 2.24) is 19.7 Å². The fourth-order valence-corrected chi connectivity index (χ4v) is 4.27. The fourth-order valence-electron chi connectivity index (χ4n) is 4.27. The predicted molar refractivity (Wildman–Crippen MR) is 82.4 cm³/mol. The molecule has 1 aromatic heterocycles. The van der Waals surface area contributed by atoms with Gasteiger partial charge in [0.25, 0.3) is 0 Å². The average Bonchev–Trinajstić information content (AvgIpc) is 3.13. The summed E-state index contributed by atoms with van der Waals surface area (Å²) in [6, 6.07) is 0. The van der Waals surface area contributed by atoms with Crippen LogP contribution >= 0.6 is 0 Å². The number of rotatable bonds is 4. The van der Waals surface area contributed by atoms with E-state index in [4.69, 9.17) is 4.74 Å². The molecule has 2 aliphatic rings. The molecule has 1 amide bonds. The second-order valence-electron chi connectivity index (χ2n) is 6.66. The Morgan fingerprint density at radius 2 is 2.18 bits per heavy atom. The summed E-state index contributed by atoms with van der Waals surface area (Å²) in [6.07, 6.45) is 7.99. The maximum Gasteiger partial charge on any atom is 0.248 e. The first-order valence-electron chi connectivity index (χ1n) is 8.34. The highest BCUT2D eigenvalue weighted by Gasteiger charge is 2.50. The highest BCUT2D eigenvalue weighted by molar-refractivity contribution is 5.78. The summed E-state index contributed by atoms with van der Waals surface area (Å²) < 4.78 is 7.17. The fraction of sp³-hybridized carbons (Fsp3) is 0.812. The molecule has 1 saturated carbocycles. The molecule has 3 rings (SSSR count). The van der Waals surface area contributed by atoms with Crippen LogP contribution in [0, 0.1) is 5.41 Å². The van der Waals surface area contributed by atoms with Gasteiger partial charge in [-0.1, -0.05) is 19.3 Å². The largest absolute Gasteiger partial charge is 0.375 e. The number of hydrogen-bond donors (Lipinski definition) is 0. The molecule has 1 spiro atoms. The molecule has 2 fully saturated rings. The van der Waals surface area contributed by atoms with Crippen molar-refractivity contribution >= 4 is 5.91 Å². The molecule has 0 radical (unpaired) electrons. The van der Waals surface area contributed by atoms with Crippen molar-refractivity contribution in [3.8, 4) is 0 Å². The van der Waals surface area contributed by atoms with E-state index in [0.29, 0.717) is 5.92 Å². The Hall–Kier alpha value is -1.43. The van der Waals surface area contributed by atoms with Crippen molar-refractivity contribution < 1.29 is 9.53 Å². The third kappa shape index (κ3) is 2.64. The Morgan fingerprint density at radius 3 is 2.86 bits per heavy atom. The molecule has 0 bridgehead atoms. The van der Waals surface area contributed by atoms with Gasteiger partial charge in [-0.15, -0.1) is 10.2 Å². The second kappa shape index (κ2) is 6.36. The lowest BCUT2D eigenvalue weighted by atomic mass is 9.67. The Labute approximate surface area is 131 Å². The molecule has 6 heteroatoms. The minimum atomic E-state index is 0.0949. The van der Waals surface area contributed by atoms with Gasteiger partial charge in [0.2, 0.25) is 5.91 Å². The molecule has 22 heavy (non-hydrogen) atoms. The maximum absolute atomic E-state index is 12.3. The van der Waals surface area contributed by atoms with E-state index in [1.165, 1.54) is 32.1 Å². The normalized spacial score (nSPS) is 24.1. The second-order valence-corrected chi connectivity index (χ2v) is 6.66. The van der Waals surface area contributed by atoms with Crippen LogP contribution in [0.15, 0.2) is 6.33 Å². The standard InChI is InChI=1S/C16H26N4O2/c1-3-19-12-17-18-15(19)13-9-20(14(21)10-22-2)11-16(13)7-5-4-6-8-16/h12-13H,3-11H2,1-2H3. The first kappa shape index (κ1) is 15.5.